The fraction of sp³-hybridized carbons (Fsp3) is 0.267. The molecule has 1 aliphatic heterocycles. The molecular formula is C30H33N5O4. The predicted molar refractivity (Wildman–Crippen MR) is 148 cm³/mol. The van der Waals surface area contributed by atoms with Gasteiger partial charge in [0.15, 0.2) is 0 Å². The molecule has 5 N–H and O–H groups in total. The maximum absolute atomic E-state index is 12.7. The highest BCUT2D eigenvalue weighted by Gasteiger charge is 2.31. The highest BCUT2D eigenvalue weighted by molar-refractivity contribution is 6.04. The van der Waals surface area contributed by atoms with Crippen LogP contribution in [0.1, 0.15) is 41.5 Å². The Morgan fingerprint density at radius 3 is 2.31 bits per heavy atom. The van der Waals surface area contributed by atoms with E-state index in [1.165, 1.54) is 5.56 Å². The molecule has 9 heteroatoms. The Hall–Kier alpha value is -4.50. The molecule has 0 unspecified atom stereocenters. The average molecular weight is 528 g/mol. The molecule has 3 aromatic rings. The molecule has 3 aromatic carbocycles. The van der Waals surface area contributed by atoms with Gasteiger partial charge in [0.1, 0.15) is 18.5 Å². The van der Waals surface area contributed by atoms with Crippen LogP contribution >= 0.6 is 0 Å². The minimum Gasteiger partial charge on any atom is -0.444 e. The summed E-state index contributed by atoms with van der Waals surface area (Å²) in [7, 11) is 0. The maximum atomic E-state index is 12.7. The molecule has 202 valence electrons. The van der Waals surface area contributed by atoms with E-state index in [1.54, 1.807) is 31.2 Å². The average Bonchev–Trinajstić information content (AvgIpc) is 3.47. The number of hydrogen-bond acceptors (Lipinski definition) is 6. The van der Waals surface area contributed by atoms with Crippen molar-refractivity contribution >= 4 is 23.7 Å². The topological polar surface area (TPSA) is 132 Å². The zero-order chi connectivity index (χ0) is 27.6. The molecule has 0 bridgehead atoms. The number of benzene rings is 3. The van der Waals surface area contributed by atoms with E-state index in [0.29, 0.717) is 12.0 Å². The van der Waals surface area contributed by atoms with Crippen molar-refractivity contribution in [3.8, 4) is 0 Å². The largest absolute Gasteiger partial charge is 0.444 e. The first-order valence-corrected chi connectivity index (χ1v) is 12.9. The van der Waals surface area contributed by atoms with Gasteiger partial charge in [0.2, 0.25) is 11.8 Å². The molecule has 39 heavy (non-hydrogen) atoms. The van der Waals surface area contributed by atoms with Crippen molar-refractivity contribution in [3.05, 3.63) is 107 Å². The lowest BCUT2D eigenvalue weighted by Crippen LogP contribution is -2.49. The molecule has 4 rings (SSSR count). The van der Waals surface area contributed by atoms with Crippen LogP contribution in [0.25, 0.3) is 0 Å². The highest BCUT2D eigenvalue weighted by atomic mass is 16.5. The SMILES string of the molecule is C[C@H](NC(=O)[C@H]1C[C@H](c2ccccc2)CN1)C(=O)NCc1ccc(C(=N)NC(=O)OCc2ccccc2)cc1. The zero-order valence-corrected chi connectivity index (χ0v) is 21.8. The summed E-state index contributed by atoms with van der Waals surface area (Å²) in [4.78, 5) is 37.3. The lowest BCUT2D eigenvalue weighted by Gasteiger charge is -2.17. The number of rotatable bonds is 9. The van der Waals surface area contributed by atoms with Gasteiger partial charge in [-0.25, -0.2) is 4.79 Å². The van der Waals surface area contributed by atoms with Gasteiger partial charge in [-0.1, -0.05) is 84.9 Å². The quantitative estimate of drug-likeness (QED) is 0.215. The number of carbonyl (C=O) groups is 3. The number of hydrogen-bond donors (Lipinski definition) is 5. The van der Waals surface area contributed by atoms with Gasteiger partial charge < -0.3 is 20.7 Å². The summed E-state index contributed by atoms with van der Waals surface area (Å²) >= 11 is 0. The third-order valence-electron chi connectivity index (χ3n) is 6.62. The van der Waals surface area contributed by atoms with Gasteiger partial charge in [0.25, 0.3) is 0 Å². The summed E-state index contributed by atoms with van der Waals surface area (Å²) in [6.07, 6.45) is -0.0230. The van der Waals surface area contributed by atoms with Crippen molar-refractivity contribution in [1.82, 2.24) is 21.3 Å². The Morgan fingerprint density at radius 1 is 0.949 bits per heavy atom. The van der Waals surface area contributed by atoms with Crippen LogP contribution in [0.15, 0.2) is 84.9 Å². The molecule has 3 atom stereocenters. The second-order valence-corrected chi connectivity index (χ2v) is 9.51. The molecular weight excluding hydrogens is 494 g/mol. The molecule has 0 radical (unpaired) electrons. The zero-order valence-electron chi connectivity index (χ0n) is 21.8. The Labute approximate surface area is 227 Å². The number of alkyl carbamates (subject to hydrolysis) is 1. The van der Waals surface area contributed by atoms with E-state index in [4.69, 9.17) is 10.1 Å². The molecule has 0 spiro atoms. The van der Waals surface area contributed by atoms with Gasteiger partial charge in [-0.2, -0.15) is 0 Å². The first-order valence-electron chi connectivity index (χ1n) is 12.9. The van der Waals surface area contributed by atoms with Crippen molar-refractivity contribution in [2.45, 2.75) is 44.5 Å². The number of nitrogens with one attached hydrogen (secondary N) is 5. The van der Waals surface area contributed by atoms with Gasteiger partial charge in [-0.3, -0.25) is 20.3 Å². The molecule has 3 amide bonds. The van der Waals surface area contributed by atoms with Crippen LogP contribution < -0.4 is 21.3 Å². The van der Waals surface area contributed by atoms with Crippen LogP contribution in [-0.4, -0.2) is 42.4 Å². The standard InChI is InChI=1S/C30H33N5O4/c1-20(34-29(37)26-16-25(18-32-26)23-10-6-3-7-11-23)28(36)33-17-21-12-14-24(15-13-21)27(31)35-30(38)39-19-22-8-4-2-5-9-22/h2-15,20,25-26,32H,16-19H2,1H3,(H,33,36)(H,34,37)(H2,31,35,38)/t20-,25-,26+/m0/s1. The van der Waals surface area contributed by atoms with E-state index in [2.05, 4.69) is 33.4 Å². The van der Waals surface area contributed by atoms with Crippen LogP contribution in [0.4, 0.5) is 4.79 Å². The van der Waals surface area contributed by atoms with Crippen LogP contribution in [0.2, 0.25) is 0 Å². The van der Waals surface area contributed by atoms with Crippen molar-refractivity contribution < 1.29 is 19.1 Å². The van der Waals surface area contributed by atoms with Gasteiger partial charge in [0.05, 0.1) is 6.04 Å². The Kier molecular flexibility index (Phi) is 9.42. The van der Waals surface area contributed by atoms with Gasteiger partial charge in [-0.15, -0.1) is 0 Å². The maximum Gasteiger partial charge on any atom is 0.413 e. The number of amidine groups is 1. The summed E-state index contributed by atoms with van der Waals surface area (Å²) in [5.74, 6) is -0.296. The van der Waals surface area contributed by atoms with E-state index < -0.39 is 12.1 Å². The Bertz CT molecular complexity index is 1280. The van der Waals surface area contributed by atoms with Crippen molar-refractivity contribution in [3.63, 3.8) is 0 Å². The highest BCUT2D eigenvalue weighted by Crippen LogP contribution is 2.25. The molecule has 0 aliphatic carbocycles. The summed E-state index contributed by atoms with van der Waals surface area (Å²) in [5.41, 5.74) is 3.37. The Balaban J connectivity index is 1.17. The molecule has 9 nitrogen and oxygen atoms in total. The van der Waals surface area contributed by atoms with Gasteiger partial charge in [-0.05, 0) is 36.0 Å². The summed E-state index contributed by atoms with van der Waals surface area (Å²) in [6.45, 7) is 2.75. The number of ether oxygens (including phenoxy) is 1. The number of amides is 3. The van der Waals surface area contributed by atoms with Crippen LogP contribution in [-0.2, 0) is 27.5 Å². The minimum absolute atomic E-state index is 0.0880. The van der Waals surface area contributed by atoms with Gasteiger partial charge in [0, 0.05) is 18.7 Å². The fourth-order valence-corrected chi connectivity index (χ4v) is 4.36. The molecule has 0 saturated carbocycles. The second-order valence-electron chi connectivity index (χ2n) is 9.51. The third kappa shape index (κ3) is 7.99. The van der Waals surface area contributed by atoms with E-state index in [1.807, 2.05) is 48.5 Å². The summed E-state index contributed by atoms with van der Waals surface area (Å²) in [6, 6.07) is 25.2. The molecule has 1 saturated heterocycles. The molecule has 1 heterocycles. The third-order valence-corrected chi connectivity index (χ3v) is 6.62. The van der Waals surface area contributed by atoms with Crippen molar-refractivity contribution in [2.24, 2.45) is 0 Å². The first-order chi connectivity index (χ1) is 18.9. The second kappa shape index (κ2) is 13.3. The lowest BCUT2D eigenvalue weighted by atomic mass is 9.96. The first kappa shape index (κ1) is 27.5. The molecule has 0 aromatic heterocycles. The molecule has 1 fully saturated rings. The number of carbonyl (C=O) groups excluding carboxylic acids is 3. The predicted octanol–water partition coefficient (Wildman–Crippen LogP) is 3.20. The Morgan fingerprint density at radius 2 is 1.62 bits per heavy atom. The van der Waals surface area contributed by atoms with E-state index in [-0.39, 0.29) is 42.8 Å². The van der Waals surface area contributed by atoms with Gasteiger partial charge >= 0.3 is 6.09 Å². The van der Waals surface area contributed by atoms with Crippen LogP contribution in [0, 0.1) is 5.41 Å². The normalized spacial score (nSPS) is 17.1. The van der Waals surface area contributed by atoms with Crippen LogP contribution in [0.5, 0.6) is 0 Å². The van der Waals surface area contributed by atoms with Crippen molar-refractivity contribution in [2.75, 3.05) is 6.54 Å². The van der Waals surface area contributed by atoms with E-state index in [9.17, 15) is 14.4 Å². The van der Waals surface area contributed by atoms with Crippen LogP contribution in [0.3, 0.4) is 0 Å². The summed E-state index contributed by atoms with van der Waals surface area (Å²) in [5, 5.41) is 19.4. The molecule has 1 aliphatic rings. The fourth-order valence-electron chi connectivity index (χ4n) is 4.36. The smallest absolute Gasteiger partial charge is 0.413 e. The monoisotopic (exact) mass is 527 g/mol. The van der Waals surface area contributed by atoms with Crippen molar-refractivity contribution in [1.29, 1.82) is 5.41 Å². The minimum atomic E-state index is -0.709. The lowest BCUT2D eigenvalue weighted by molar-refractivity contribution is -0.129. The summed E-state index contributed by atoms with van der Waals surface area (Å²) < 4.78 is 5.14. The van der Waals surface area contributed by atoms with E-state index in [0.717, 1.165) is 17.7 Å². The van der Waals surface area contributed by atoms with E-state index >= 15 is 0 Å².